The lowest BCUT2D eigenvalue weighted by molar-refractivity contribution is -0.140. The Labute approximate surface area is 125 Å². The van der Waals surface area contributed by atoms with Crippen molar-refractivity contribution in [2.75, 3.05) is 13.6 Å². The van der Waals surface area contributed by atoms with Crippen molar-refractivity contribution in [2.24, 2.45) is 7.05 Å². The molecule has 0 aromatic carbocycles. The van der Waals surface area contributed by atoms with Crippen LogP contribution in [0.5, 0.6) is 0 Å². The van der Waals surface area contributed by atoms with E-state index in [1.807, 2.05) is 0 Å². The number of hydrogen-bond donors (Lipinski definition) is 0. The highest BCUT2D eigenvalue weighted by Crippen LogP contribution is 2.33. The van der Waals surface area contributed by atoms with Crippen LogP contribution in [0.1, 0.15) is 16.1 Å². The first-order chi connectivity index (χ1) is 10.4. The van der Waals surface area contributed by atoms with Crippen molar-refractivity contribution < 1.29 is 31.1 Å². The molecule has 0 unspecified atom stereocenters. The third kappa shape index (κ3) is 3.54. The first-order valence-corrected chi connectivity index (χ1v) is 6.12. The molecule has 0 radical (unpaired) electrons. The van der Waals surface area contributed by atoms with E-state index < -0.39 is 35.9 Å². The molecule has 0 aliphatic rings. The first-order valence-electron chi connectivity index (χ1n) is 6.12. The van der Waals surface area contributed by atoms with Gasteiger partial charge < -0.3 is 4.90 Å². The van der Waals surface area contributed by atoms with Crippen LogP contribution in [0.25, 0.3) is 11.0 Å². The number of amides is 1. The van der Waals surface area contributed by atoms with Crippen molar-refractivity contribution in [1.29, 1.82) is 0 Å². The number of rotatable bonds is 2. The van der Waals surface area contributed by atoms with Crippen LogP contribution < -0.4 is 0 Å². The van der Waals surface area contributed by atoms with Crippen LogP contribution in [0, 0.1) is 0 Å². The second-order valence-corrected chi connectivity index (χ2v) is 4.84. The Morgan fingerprint density at radius 2 is 1.87 bits per heavy atom. The predicted molar refractivity (Wildman–Crippen MR) is 66.5 cm³/mol. The molecule has 2 heterocycles. The molecule has 0 aliphatic heterocycles. The van der Waals surface area contributed by atoms with Gasteiger partial charge in [-0.25, -0.2) is 9.67 Å². The summed E-state index contributed by atoms with van der Waals surface area (Å²) in [6.07, 6.45) is -8.48. The van der Waals surface area contributed by atoms with Crippen molar-refractivity contribution in [3.8, 4) is 0 Å². The zero-order valence-electron chi connectivity index (χ0n) is 11.8. The zero-order chi connectivity index (χ0) is 17.6. The van der Waals surface area contributed by atoms with Gasteiger partial charge in [-0.1, -0.05) is 0 Å². The van der Waals surface area contributed by atoms with Crippen LogP contribution >= 0.6 is 0 Å². The molecule has 2 aromatic rings. The zero-order valence-corrected chi connectivity index (χ0v) is 11.8. The highest BCUT2D eigenvalue weighted by atomic mass is 19.4. The summed E-state index contributed by atoms with van der Waals surface area (Å²) in [6.45, 7) is -1.52. The van der Waals surface area contributed by atoms with Crippen LogP contribution in [0.4, 0.5) is 26.3 Å². The molecule has 0 fully saturated rings. The molecule has 0 N–H and O–H groups in total. The third-order valence-corrected chi connectivity index (χ3v) is 2.96. The van der Waals surface area contributed by atoms with Gasteiger partial charge in [0.15, 0.2) is 11.3 Å². The number of halogens is 6. The molecular formula is C12H10F6N4O. The summed E-state index contributed by atoms with van der Waals surface area (Å²) in [5, 5.41) is 2.84. The lowest BCUT2D eigenvalue weighted by atomic mass is 10.2. The van der Waals surface area contributed by atoms with E-state index in [0.717, 1.165) is 24.0 Å². The van der Waals surface area contributed by atoms with E-state index in [0.29, 0.717) is 4.90 Å². The molecule has 0 bridgehead atoms. The largest absolute Gasteiger partial charge is 0.435 e. The molecule has 0 saturated carbocycles. The molecule has 2 aromatic heterocycles. The lowest BCUT2D eigenvalue weighted by Gasteiger charge is -2.18. The molecular weight excluding hydrogens is 330 g/mol. The number of carbonyl (C=O) groups is 1. The van der Waals surface area contributed by atoms with Crippen LogP contribution in [-0.2, 0) is 13.2 Å². The monoisotopic (exact) mass is 340 g/mol. The Morgan fingerprint density at radius 3 is 2.39 bits per heavy atom. The maximum absolute atomic E-state index is 12.9. The Bertz CT molecular complexity index is 748. The molecule has 1 amide bonds. The molecule has 0 aliphatic carbocycles. The fourth-order valence-electron chi connectivity index (χ4n) is 2.03. The number of fused-ring (bicyclic) bond motifs is 1. The minimum absolute atomic E-state index is 0.132. The number of nitrogens with zero attached hydrogens (tertiary/aromatic N) is 4. The molecule has 0 atom stereocenters. The Hall–Kier alpha value is -2.33. The summed E-state index contributed by atoms with van der Waals surface area (Å²) in [5.74, 6) is -1.09. The van der Waals surface area contributed by atoms with Crippen molar-refractivity contribution >= 4 is 16.9 Å². The highest BCUT2D eigenvalue weighted by molar-refractivity contribution is 5.97. The predicted octanol–water partition coefficient (Wildman–Crippen LogP) is 2.62. The van der Waals surface area contributed by atoms with Gasteiger partial charge in [0.2, 0.25) is 0 Å². The van der Waals surface area contributed by atoms with E-state index in [1.165, 1.54) is 7.05 Å². The van der Waals surface area contributed by atoms with Crippen molar-refractivity contribution in [2.45, 2.75) is 12.4 Å². The Balaban J connectivity index is 2.46. The third-order valence-electron chi connectivity index (χ3n) is 2.96. The summed E-state index contributed by atoms with van der Waals surface area (Å²) in [5.41, 5.74) is -1.77. The Kier molecular flexibility index (Phi) is 3.99. The maximum Gasteiger partial charge on any atom is 0.435 e. The van der Waals surface area contributed by atoms with Gasteiger partial charge in [-0.3, -0.25) is 4.79 Å². The fraction of sp³-hybridized carbons (Fsp3) is 0.417. The SMILES string of the molecule is CN(CC(F)(F)F)C(=O)c1cnc2c(c1)c(C(F)(F)F)nn2C. The minimum atomic E-state index is -4.78. The summed E-state index contributed by atoms with van der Waals surface area (Å²) in [4.78, 5) is 16.0. The average Bonchev–Trinajstić information content (AvgIpc) is 2.73. The van der Waals surface area contributed by atoms with Gasteiger partial charge in [0.25, 0.3) is 5.91 Å². The molecule has 0 saturated heterocycles. The second-order valence-electron chi connectivity index (χ2n) is 4.84. The summed E-state index contributed by atoms with van der Waals surface area (Å²) in [7, 11) is 2.13. The van der Waals surface area contributed by atoms with Crippen molar-refractivity contribution in [3.63, 3.8) is 0 Å². The number of carbonyl (C=O) groups excluding carboxylic acids is 1. The maximum atomic E-state index is 12.9. The quantitative estimate of drug-likeness (QED) is 0.790. The first kappa shape index (κ1) is 17.0. The van der Waals surface area contributed by atoms with Crippen LogP contribution in [0.15, 0.2) is 12.3 Å². The topological polar surface area (TPSA) is 51.0 Å². The van der Waals surface area contributed by atoms with Gasteiger partial charge in [0.05, 0.1) is 10.9 Å². The molecule has 0 spiro atoms. The highest BCUT2D eigenvalue weighted by Gasteiger charge is 2.37. The van der Waals surface area contributed by atoms with Crippen LogP contribution in [0.3, 0.4) is 0 Å². The van der Waals surface area contributed by atoms with Crippen LogP contribution in [-0.4, -0.2) is 45.3 Å². The van der Waals surface area contributed by atoms with Gasteiger partial charge in [-0.15, -0.1) is 0 Å². The molecule has 2 rings (SSSR count). The van der Waals surface area contributed by atoms with E-state index in [1.54, 1.807) is 0 Å². The van der Waals surface area contributed by atoms with Crippen molar-refractivity contribution in [3.05, 3.63) is 23.5 Å². The lowest BCUT2D eigenvalue weighted by Crippen LogP contribution is -2.35. The standard InChI is InChI=1S/C12H10F6N4O/c1-21(5-11(13,14)15)10(23)6-3-7-8(12(16,17)18)20-22(2)9(7)19-4-6/h3-4H,5H2,1-2H3. The van der Waals surface area contributed by atoms with Crippen LogP contribution in [0.2, 0.25) is 0 Å². The van der Waals surface area contributed by atoms with Gasteiger partial charge in [-0.2, -0.15) is 31.4 Å². The van der Waals surface area contributed by atoms with E-state index in [9.17, 15) is 31.1 Å². The number of aromatic nitrogens is 3. The number of aryl methyl sites for hydroxylation is 1. The van der Waals surface area contributed by atoms with E-state index in [-0.39, 0.29) is 11.2 Å². The van der Waals surface area contributed by atoms with Gasteiger partial charge in [0, 0.05) is 20.3 Å². The van der Waals surface area contributed by atoms with E-state index in [2.05, 4.69) is 10.1 Å². The van der Waals surface area contributed by atoms with Gasteiger partial charge in [0.1, 0.15) is 6.54 Å². The number of pyridine rings is 1. The molecule has 5 nitrogen and oxygen atoms in total. The number of hydrogen-bond acceptors (Lipinski definition) is 3. The smallest absolute Gasteiger partial charge is 0.333 e. The summed E-state index contributed by atoms with van der Waals surface area (Å²) in [6, 6.07) is 0.841. The number of alkyl halides is 6. The Morgan fingerprint density at radius 1 is 1.26 bits per heavy atom. The minimum Gasteiger partial charge on any atom is -0.333 e. The second kappa shape index (κ2) is 5.39. The van der Waals surface area contributed by atoms with E-state index >= 15 is 0 Å². The van der Waals surface area contributed by atoms with Crippen molar-refractivity contribution in [1.82, 2.24) is 19.7 Å². The van der Waals surface area contributed by atoms with Gasteiger partial charge in [-0.05, 0) is 6.07 Å². The summed E-state index contributed by atoms with van der Waals surface area (Å²) < 4.78 is 76.4. The van der Waals surface area contributed by atoms with E-state index in [4.69, 9.17) is 0 Å². The van der Waals surface area contributed by atoms with Gasteiger partial charge >= 0.3 is 12.4 Å². The average molecular weight is 340 g/mol. The fourth-order valence-corrected chi connectivity index (χ4v) is 2.03. The summed E-state index contributed by atoms with van der Waals surface area (Å²) >= 11 is 0. The molecule has 23 heavy (non-hydrogen) atoms. The molecule has 126 valence electrons. The molecule has 11 heteroatoms. The normalized spacial score (nSPS) is 12.7.